The highest BCUT2D eigenvalue weighted by Gasteiger charge is 2.48. The number of amides is 1. The number of quaternary nitrogens is 1. The topological polar surface area (TPSA) is 33.5 Å². The van der Waals surface area contributed by atoms with E-state index in [0.717, 1.165) is 23.7 Å². The fraction of sp³-hybridized carbons (Fsp3) is 0.632. The van der Waals surface area contributed by atoms with Gasteiger partial charge in [-0.05, 0) is 38.3 Å². The van der Waals surface area contributed by atoms with Gasteiger partial charge in [-0.3, -0.25) is 4.79 Å². The standard InChI is InChI=1S/C19H26N2O/c1-13-5-7-14(8-6-13)19(22)20-15-11-17-3-2-4-18(12-15)21(17)16-9-10-16/h5-8,15-18H,2-4,9-12H2,1H3,(H,20,22)/p+1/t15?,17-,18+. The molecule has 1 aromatic rings. The summed E-state index contributed by atoms with van der Waals surface area (Å²) in [6.07, 6.45) is 9.34. The first-order chi connectivity index (χ1) is 10.7. The van der Waals surface area contributed by atoms with Gasteiger partial charge in [0.25, 0.3) is 5.91 Å². The lowest BCUT2D eigenvalue weighted by atomic mass is 9.81. The number of benzene rings is 1. The summed E-state index contributed by atoms with van der Waals surface area (Å²) >= 11 is 0. The van der Waals surface area contributed by atoms with E-state index >= 15 is 0 Å². The van der Waals surface area contributed by atoms with Crippen LogP contribution < -0.4 is 10.2 Å². The van der Waals surface area contributed by atoms with Crippen LogP contribution in [0.15, 0.2) is 24.3 Å². The lowest BCUT2D eigenvalue weighted by Crippen LogP contribution is -3.22. The molecule has 0 aromatic heterocycles. The average Bonchev–Trinajstić information content (AvgIpc) is 3.31. The number of hydrogen-bond donors (Lipinski definition) is 2. The maximum Gasteiger partial charge on any atom is 0.251 e. The van der Waals surface area contributed by atoms with E-state index in [4.69, 9.17) is 0 Å². The molecule has 1 saturated carbocycles. The third-order valence-corrected chi connectivity index (χ3v) is 5.88. The molecule has 0 radical (unpaired) electrons. The summed E-state index contributed by atoms with van der Waals surface area (Å²) in [4.78, 5) is 14.3. The number of carbonyl (C=O) groups excluding carboxylic acids is 1. The van der Waals surface area contributed by atoms with Crippen molar-refractivity contribution in [2.75, 3.05) is 0 Å². The Morgan fingerprint density at radius 2 is 1.64 bits per heavy atom. The number of nitrogens with one attached hydrogen (secondary N) is 2. The SMILES string of the molecule is Cc1ccc(C(=O)NC2C[C@H]3CCC[C@@H](C2)[NH+]3C2CC2)cc1. The summed E-state index contributed by atoms with van der Waals surface area (Å²) in [7, 11) is 0. The first-order valence-electron chi connectivity index (χ1n) is 8.95. The van der Waals surface area contributed by atoms with Crippen molar-refractivity contribution in [1.82, 2.24) is 5.32 Å². The molecule has 3 fully saturated rings. The number of fused-ring (bicyclic) bond motifs is 2. The molecule has 0 spiro atoms. The smallest absolute Gasteiger partial charge is 0.251 e. The van der Waals surface area contributed by atoms with Gasteiger partial charge in [-0.1, -0.05) is 17.7 Å². The van der Waals surface area contributed by atoms with Gasteiger partial charge >= 0.3 is 0 Å². The third kappa shape index (κ3) is 2.79. The second kappa shape index (κ2) is 5.69. The molecule has 3 nitrogen and oxygen atoms in total. The van der Waals surface area contributed by atoms with E-state index in [1.165, 1.54) is 50.5 Å². The Kier molecular flexibility index (Phi) is 3.69. The summed E-state index contributed by atoms with van der Waals surface area (Å²) < 4.78 is 0. The van der Waals surface area contributed by atoms with Crippen molar-refractivity contribution in [3.8, 4) is 0 Å². The maximum atomic E-state index is 12.5. The molecule has 4 atom stereocenters. The quantitative estimate of drug-likeness (QED) is 0.877. The monoisotopic (exact) mass is 299 g/mol. The van der Waals surface area contributed by atoms with Crippen molar-refractivity contribution in [2.24, 2.45) is 0 Å². The van der Waals surface area contributed by atoms with Crippen LogP contribution in [0.25, 0.3) is 0 Å². The van der Waals surface area contributed by atoms with Crippen molar-refractivity contribution in [1.29, 1.82) is 0 Å². The third-order valence-electron chi connectivity index (χ3n) is 5.88. The molecule has 3 aliphatic rings. The summed E-state index contributed by atoms with van der Waals surface area (Å²) in [5.74, 6) is 0.109. The van der Waals surface area contributed by atoms with Crippen molar-refractivity contribution in [3.05, 3.63) is 35.4 Å². The molecular weight excluding hydrogens is 272 g/mol. The highest BCUT2D eigenvalue weighted by molar-refractivity contribution is 5.94. The molecular formula is C19H27N2O+. The van der Waals surface area contributed by atoms with Crippen LogP contribution in [0.2, 0.25) is 0 Å². The Morgan fingerprint density at radius 3 is 2.23 bits per heavy atom. The number of piperidine rings is 2. The Hall–Kier alpha value is -1.35. The van der Waals surface area contributed by atoms with Gasteiger partial charge < -0.3 is 10.2 Å². The zero-order chi connectivity index (χ0) is 15.1. The molecule has 1 aromatic carbocycles. The van der Waals surface area contributed by atoms with Crippen molar-refractivity contribution in [3.63, 3.8) is 0 Å². The largest absolute Gasteiger partial charge is 0.349 e. The van der Waals surface area contributed by atoms with Crippen molar-refractivity contribution in [2.45, 2.75) is 76.0 Å². The second-order valence-corrected chi connectivity index (χ2v) is 7.61. The molecule has 118 valence electrons. The number of rotatable bonds is 3. The van der Waals surface area contributed by atoms with Crippen LogP contribution in [0.3, 0.4) is 0 Å². The lowest BCUT2D eigenvalue weighted by Gasteiger charge is -2.46. The predicted octanol–water partition coefficient (Wildman–Crippen LogP) is 1.86. The summed E-state index contributed by atoms with van der Waals surface area (Å²) in [6.45, 7) is 2.05. The molecule has 2 aliphatic heterocycles. The van der Waals surface area contributed by atoms with E-state index in [0.29, 0.717) is 6.04 Å². The maximum absolute atomic E-state index is 12.5. The van der Waals surface area contributed by atoms with Crippen LogP contribution >= 0.6 is 0 Å². The number of carbonyl (C=O) groups is 1. The Morgan fingerprint density at radius 1 is 1.00 bits per heavy atom. The lowest BCUT2D eigenvalue weighted by molar-refractivity contribution is -0.971. The normalized spacial score (nSPS) is 34.2. The zero-order valence-electron chi connectivity index (χ0n) is 13.5. The highest BCUT2D eigenvalue weighted by Crippen LogP contribution is 2.27. The Labute approximate surface area is 133 Å². The highest BCUT2D eigenvalue weighted by atomic mass is 16.1. The van der Waals surface area contributed by atoms with Gasteiger partial charge in [-0.2, -0.15) is 0 Å². The van der Waals surface area contributed by atoms with Crippen molar-refractivity contribution < 1.29 is 9.69 Å². The van der Waals surface area contributed by atoms with Gasteiger partial charge in [0.2, 0.25) is 0 Å². The fourth-order valence-corrected chi connectivity index (χ4v) is 4.74. The number of aryl methyl sites for hydroxylation is 1. The first-order valence-corrected chi connectivity index (χ1v) is 8.95. The molecule has 2 N–H and O–H groups in total. The molecule has 1 amide bonds. The minimum absolute atomic E-state index is 0.109. The molecule has 2 saturated heterocycles. The van der Waals surface area contributed by atoms with Crippen LogP contribution in [0, 0.1) is 6.92 Å². The van der Waals surface area contributed by atoms with Gasteiger partial charge in [0.15, 0.2) is 0 Å². The summed E-state index contributed by atoms with van der Waals surface area (Å²) in [5, 5.41) is 3.31. The Bertz CT molecular complexity index is 535. The van der Waals surface area contributed by atoms with E-state index in [-0.39, 0.29) is 5.91 Å². The molecule has 2 bridgehead atoms. The van der Waals surface area contributed by atoms with E-state index in [2.05, 4.69) is 12.2 Å². The zero-order valence-corrected chi connectivity index (χ0v) is 13.5. The van der Waals surface area contributed by atoms with Gasteiger partial charge in [-0.15, -0.1) is 0 Å². The van der Waals surface area contributed by atoms with Crippen LogP contribution in [0.1, 0.15) is 60.9 Å². The van der Waals surface area contributed by atoms with Gasteiger partial charge in [0.05, 0.1) is 18.1 Å². The molecule has 22 heavy (non-hydrogen) atoms. The van der Waals surface area contributed by atoms with E-state index in [9.17, 15) is 4.79 Å². The average molecular weight is 299 g/mol. The number of hydrogen-bond acceptors (Lipinski definition) is 1. The van der Waals surface area contributed by atoms with Crippen LogP contribution in [0.5, 0.6) is 0 Å². The van der Waals surface area contributed by atoms with E-state index < -0.39 is 0 Å². The van der Waals surface area contributed by atoms with E-state index in [1.807, 2.05) is 29.2 Å². The van der Waals surface area contributed by atoms with Gasteiger partial charge in [-0.25, -0.2) is 0 Å². The van der Waals surface area contributed by atoms with E-state index in [1.54, 1.807) is 0 Å². The van der Waals surface area contributed by atoms with Crippen molar-refractivity contribution >= 4 is 5.91 Å². The minimum Gasteiger partial charge on any atom is -0.349 e. The Balaban J connectivity index is 1.41. The summed E-state index contributed by atoms with van der Waals surface area (Å²) in [5.41, 5.74) is 2.00. The molecule has 2 unspecified atom stereocenters. The summed E-state index contributed by atoms with van der Waals surface area (Å²) in [6, 6.07) is 10.8. The molecule has 3 heteroatoms. The van der Waals surface area contributed by atoms with Crippen LogP contribution in [-0.4, -0.2) is 30.1 Å². The van der Waals surface area contributed by atoms with Crippen LogP contribution in [-0.2, 0) is 0 Å². The molecule has 2 heterocycles. The van der Waals surface area contributed by atoms with Crippen LogP contribution in [0.4, 0.5) is 0 Å². The van der Waals surface area contributed by atoms with Gasteiger partial charge in [0.1, 0.15) is 0 Å². The minimum atomic E-state index is 0.109. The second-order valence-electron chi connectivity index (χ2n) is 7.61. The predicted molar refractivity (Wildman–Crippen MR) is 87.1 cm³/mol. The fourth-order valence-electron chi connectivity index (χ4n) is 4.74. The molecule has 1 aliphatic carbocycles. The molecule has 4 rings (SSSR count). The first kappa shape index (κ1) is 14.3. The van der Waals surface area contributed by atoms with Gasteiger partial charge in [0, 0.05) is 37.3 Å².